The molecule has 0 saturated heterocycles. The lowest BCUT2D eigenvalue weighted by molar-refractivity contribution is -0.380. The van der Waals surface area contributed by atoms with Crippen LogP contribution in [-0.4, -0.2) is 52.0 Å². The van der Waals surface area contributed by atoms with Gasteiger partial charge in [-0.2, -0.15) is 0 Å². The van der Waals surface area contributed by atoms with Gasteiger partial charge < -0.3 is 28.4 Å². The summed E-state index contributed by atoms with van der Waals surface area (Å²) in [6.07, 6.45) is 0. The van der Waals surface area contributed by atoms with Gasteiger partial charge >= 0.3 is 11.9 Å². The molecule has 0 aromatic rings. The van der Waals surface area contributed by atoms with Crippen molar-refractivity contribution in [3.8, 4) is 0 Å². The van der Waals surface area contributed by atoms with E-state index in [2.05, 4.69) is 9.47 Å². The first-order chi connectivity index (χ1) is 9.28. The zero-order valence-electron chi connectivity index (χ0n) is 12.3. The molecule has 8 nitrogen and oxygen atoms in total. The van der Waals surface area contributed by atoms with E-state index in [0.717, 1.165) is 14.2 Å². The van der Waals surface area contributed by atoms with E-state index >= 15 is 0 Å². The highest BCUT2D eigenvalue weighted by molar-refractivity contribution is 5.97. The van der Waals surface area contributed by atoms with Gasteiger partial charge in [0.2, 0.25) is 0 Å². The third-order valence-electron chi connectivity index (χ3n) is 3.15. The molecule has 0 aromatic carbocycles. The van der Waals surface area contributed by atoms with Crippen LogP contribution in [0.25, 0.3) is 0 Å². The topological polar surface area (TPSA) is 89.5 Å². The summed E-state index contributed by atoms with van der Waals surface area (Å²) in [7, 11) is 4.97. The highest BCUT2D eigenvalue weighted by Crippen LogP contribution is 2.40. The number of methoxy groups -OCH3 is 4. The van der Waals surface area contributed by atoms with Crippen LogP contribution >= 0.6 is 0 Å². The predicted octanol–water partition coefficient (Wildman–Crippen LogP) is 0.316. The Hall–Kier alpha value is -1.80. The van der Waals surface area contributed by atoms with Crippen molar-refractivity contribution in [1.29, 1.82) is 0 Å². The first-order valence-corrected chi connectivity index (χ1v) is 5.67. The molecule has 114 valence electrons. The van der Waals surface area contributed by atoms with Crippen LogP contribution < -0.4 is 0 Å². The summed E-state index contributed by atoms with van der Waals surface area (Å²) >= 11 is 0. The predicted molar refractivity (Wildman–Crippen MR) is 64.1 cm³/mol. The fourth-order valence-electron chi connectivity index (χ4n) is 1.58. The minimum atomic E-state index is -1.47. The van der Waals surface area contributed by atoms with Crippen molar-refractivity contribution in [2.45, 2.75) is 25.4 Å². The van der Waals surface area contributed by atoms with Crippen LogP contribution in [0.4, 0.5) is 0 Å². The number of carbonyl (C=O) groups excluding carboxylic acids is 2. The average molecular weight is 290 g/mol. The first kappa shape index (κ1) is 16.3. The Labute approximate surface area is 116 Å². The van der Waals surface area contributed by atoms with E-state index in [0.29, 0.717) is 0 Å². The van der Waals surface area contributed by atoms with Crippen molar-refractivity contribution < 1.29 is 38.0 Å². The monoisotopic (exact) mass is 290 g/mol. The molecule has 1 aliphatic rings. The van der Waals surface area contributed by atoms with E-state index in [-0.39, 0.29) is 0 Å². The molecule has 0 N–H and O–H groups in total. The number of carbonyl (C=O) groups is 2. The number of rotatable bonds is 4. The second kappa shape index (κ2) is 5.68. The van der Waals surface area contributed by atoms with Crippen LogP contribution in [0.15, 0.2) is 11.5 Å². The first-order valence-electron chi connectivity index (χ1n) is 5.67. The van der Waals surface area contributed by atoms with Crippen LogP contribution in [0.1, 0.15) is 13.8 Å². The third-order valence-corrected chi connectivity index (χ3v) is 3.15. The SMILES string of the molecule is COC(=O)C1=C(C(=O)OC)O[C@](C)(OC)[C@@](C)(OC)O1. The van der Waals surface area contributed by atoms with Crippen LogP contribution in [0.5, 0.6) is 0 Å². The molecule has 1 aliphatic heterocycles. The lowest BCUT2D eigenvalue weighted by Crippen LogP contribution is -2.59. The van der Waals surface area contributed by atoms with Gasteiger partial charge in [-0.15, -0.1) is 0 Å². The maximum atomic E-state index is 11.7. The van der Waals surface area contributed by atoms with E-state index < -0.39 is 35.0 Å². The van der Waals surface area contributed by atoms with Crippen LogP contribution in [0.3, 0.4) is 0 Å². The lowest BCUT2D eigenvalue weighted by Gasteiger charge is -2.46. The molecule has 8 heteroatoms. The minimum absolute atomic E-state index is 0.446. The highest BCUT2D eigenvalue weighted by atomic mass is 16.8. The van der Waals surface area contributed by atoms with E-state index in [9.17, 15) is 9.59 Å². The summed E-state index contributed by atoms with van der Waals surface area (Å²) in [5, 5.41) is 0. The van der Waals surface area contributed by atoms with Crippen LogP contribution in [0, 0.1) is 0 Å². The molecule has 0 amide bonds. The number of hydrogen-bond donors (Lipinski definition) is 0. The van der Waals surface area contributed by atoms with Gasteiger partial charge in [-0.05, 0) is 0 Å². The Kier molecular flexibility index (Phi) is 4.61. The molecule has 0 aliphatic carbocycles. The van der Waals surface area contributed by atoms with Gasteiger partial charge in [-0.3, -0.25) is 0 Å². The molecule has 20 heavy (non-hydrogen) atoms. The fourth-order valence-corrected chi connectivity index (χ4v) is 1.58. The Balaban J connectivity index is 3.39. The van der Waals surface area contributed by atoms with Gasteiger partial charge in [-0.25, -0.2) is 9.59 Å². The second-order valence-electron chi connectivity index (χ2n) is 4.15. The van der Waals surface area contributed by atoms with Gasteiger partial charge in [0.1, 0.15) is 0 Å². The lowest BCUT2D eigenvalue weighted by atomic mass is 10.1. The van der Waals surface area contributed by atoms with Crippen molar-refractivity contribution in [1.82, 2.24) is 0 Å². The van der Waals surface area contributed by atoms with Crippen LogP contribution in [0.2, 0.25) is 0 Å². The van der Waals surface area contributed by atoms with Crippen molar-refractivity contribution in [2.24, 2.45) is 0 Å². The minimum Gasteiger partial charge on any atom is -0.463 e. The van der Waals surface area contributed by atoms with Gasteiger partial charge in [-0.1, -0.05) is 0 Å². The van der Waals surface area contributed by atoms with Gasteiger partial charge in [0.25, 0.3) is 23.1 Å². The Bertz CT molecular complexity index is 403. The van der Waals surface area contributed by atoms with E-state index in [1.807, 2.05) is 0 Å². The molecule has 0 spiro atoms. The Morgan fingerprint density at radius 2 is 1.10 bits per heavy atom. The molecule has 0 fully saturated rings. The molecule has 0 bridgehead atoms. The quantitative estimate of drug-likeness (QED) is 0.684. The van der Waals surface area contributed by atoms with Crippen LogP contribution in [-0.2, 0) is 38.0 Å². The number of esters is 2. The second-order valence-corrected chi connectivity index (χ2v) is 4.15. The standard InChI is InChI=1S/C12H18O8/c1-11(17-5)12(2,18-6)20-8(10(14)16-4)7(19-11)9(13)15-3/h1-6H3/t11-,12-/m0/s1. The summed E-state index contributed by atoms with van der Waals surface area (Å²) in [5.41, 5.74) is 0. The molecule has 1 rings (SSSR count). The van der Waals surface area contributed by atoms with Gasteiger partial charge in [0.15, 0.2) is 0 Å². The number of hydrogen-bond acceptors (Lipinski definition) is 8. The Morgan fingerprint density at radius 3 is 1.30 bits per heavy atom. The normalized spacial score (nSPS) is 29.3. The molecular weight excluding hydrogens is 272 g/mol. The average Bonchev–Trinajstić information content (AvgIpc) is 2.47. The number of ether oxygens (including phenoxy) is 6. The van der Waals surface area contributed by atoms with E-state index in [1.54, 1.807) is 0 Å². The third kappa shape index (κ3) is 2.44. The maximum absolute atomic E-state index is 11.7. The molecule has 0 saturated carbocycles. The van der Waals surface area contributed by atoms with Gasteiger partial charge in [0.05, 0.1) is 14.2 Å². The molecule has 0 aromatic heterocycles. The van der Waals surface area contributed by atoms with Gasteiger partial charge in [0, 0.05) is 28.1 Å². The molecule has 1 heterocycles. The summed E-state index contributed by atoms with van der Waals surface area (Å²) in [4.78, 5) is 23.4. The molecule has 0 unspecified atom stereocenters. The zero-order chi connectivity index (χ0) is 15.6. The summed E-state index contributed by atoms with van der Waals surface area (Å²) < 4.78 is 30.4. The highest BCUT2D eigenvalue weighted by Gasteiger charge is 2.57. The molecule has 2 atom stereocenters. The van der Waals surface area contributed by atoms with Crippen molar-refractivity contribution in [3.63, 3.8) is 0 Å². The van der Waals surface area contributed by atoms with Crippen molar-refractivity contribution >= 4 is 11.9 Å². The molecule has 0 radical (unpaired) electrons. The van der Waals surface area contributed by atoms with Crippen molar-refractivity contribution in [2.75, 3.05) is 28.4 Å². The largest absolute Gasteiger partial charge is 0.463 e. The summed E-state index contributed by atoms with van der Waals surface area (Å²) in [6.45, 7) is 2.99. The smallest absolute Gasteiger partial charge is 0.377 e. The maximum Gasteiger partial charge on any atom is 0.377 e. The van der Waals surface area contributed by atoms with Crippen molar-refractivity contribution in [3.05, 3.63) is 11.5 Å². The van der Waals surface area contributed by atoms with E-state index in [4.69, 9.17) is 18.9 Å². The van der Waals surface area contributed by atoms with E-state index in [1.165, 1.54) is 28.1 Å². The zero-order valence-corrected chi connectivity index (χ0v) is 12.3. The summed E-state index contributed by atoms with van der Waals surface area (Å²) in [5.74, 6) is -5.62. The summed E-state index contributed by atoms with van der Waals surface area (Å²) in [6, 6.07) is 0. The fraction of sp³-hybridized carbons (Fsp3) is 0.667. The molecular formula is C12H18O8. The Morgan fingerprint density at radius 1 is 0.800 bits per heavy atom.